The minimum atomic E-state index is -4.67. The van der Waals surface area contributed by atoms with Gasteiger partial charge in [0.1, 0.15) is 11.5 Å². The van der Waals surface area contributed by atoms with Crippen LogP contribution in [-0.2, 0) is 24.9 Å². The molecule has 21 heteroatoms. The molecule has 0 saturated heterocycles. The van der Waals surface area contributed by atoms with Gasteiger partial charge in [0.05, 0.1) is 21.4 Å². The molecule has 3 aromatic heterocycles. The summed E-state index contributed by atoms with van der Waals surface area (Å²) in [6.45, 7) is -1.38. The van der Waals surface area contributed by atoms with Gasteiger partial charge in [-0.3, -0.25) is 19.1 Å². The monoisotopic (exact) mass is 908 g/mol. The summed E-state index contributed by atoms with van der Waals surface area (Å²) in [4.78, 5) is 12.0. The molecular formula is C40H43F6N4NaO8S2. The number of halogens is 6. The molecule has 0 aliphatic carbocycles. The molecule has 7 rings (SSSR count). The Morgan fingerprint density at radius 3 is 1.56 bits per heavy atom. The Morgan fingerprint density at radius 1 is 0.656 bits per heavy atom. The van der Waals surface area contributed by atoms with E-state index >= 15 is 0 Å². The molecule has 326 valence electrons. The van der Waals surface area contributed by atoms with Crippen molar-refractivity contribution >= 4 is 59.1 Å². The molecule has 0 radical (unpaired) electrons. The van der Waals surface area contributed by atoms with Gasteiger partial charge in [-0.25, -0.2) is 0 Å². The van der Waals surface area contributed by atoms with Crippen molar-refractivity contribution in [1.29, 1.82) is 0 Å². The van der Waals surface area contributed by atoms with Gasteiger partial charge in [-0.1, -0.05) is 50.7 Å². The van der Waals surface area contributed by atoms with Crippen LogP contribution in [0.3, 0.4) is 0 Å². The van der Waals surface area contributed by atoms with E-state index in [2.05, 4.69) is 19.1 Å². The van der Waals surface area contributed by atoms with Gasteiger partial charge < -0.3 is 17.0 Å². The number of nitrogen functional groups attached to an aromatic ring is 1. The molecule has 0 atom stereocenters. The number of aryl methyl sites for hydroxylation is 1. The Kier molecular flexibility index (Phi) is 23.8. The van der Waals surface area contributed by atoms with E-state index in [1.54, 1.807) is 61.9 Å². The SMILES string of the molecule is C.C.Cc1ccc(S(=O)(=O)OCC(F)(F)F)cc1.FC(F)(F)COc1cccc2ncccc12.Nc1cccc2ncccc12.O=S(=O)=O.Oc1cccc2ncccc12.[H-].[HH].[Na+]. The molecule has 3 N–H and O–H groups in total. The molecule has 0 spiro atoms. The van der Waals surface area contributed by atoms with E-state index in [4.69, 9.17) is 23.1 Å². The molecule has 0 aliphatic heterocycles. The third kappa shape index (κ3) is 20.2. The van der Waals surface area contributed by atoms with Gasteiger partial charge in [-0.05, 0) is 91.9 Å². The Bertz CT molecular complexity index is 2560. The number of anilines is 1. The summed E-state index contributed by atoms with van der Waals surface area (Å²) in [6.07, 6.45) is -3.94. The van der Waals surface area contributed by atoms with Crippen LogP contribution in [0, 0.1) is 6.92 Å². The van der Waals surface area contributed by atoms with Gasteiger partial charge >= 0.3 is 52.5 Å². The number of nitrogens with zero attached hydrogens (tertiary/aromatic N) is 3. The van der Waals surface area contributed by atoms with Crippen LogP contribution in [0.4, 0.5) is 32.0 Å². The molecule has 4 aromatic carbocycles. The number of rotatable bonds is 5. The van der Waals surface area contributed by atoms with Crippen molar-refractivity contribution in [3.05, 3.63) is 139 Å². The minimum absolute atomic E-state index is 0. The van der Waals surface area contributed by atoms with Gasteiger partial charge in [0.25, 0.3) is 10.1 Å². The number of alkyl halides is 6. The number of fused-ring (bicyclic) bond motifs is 3. The van der Waals surface area contributed by atoms with Crippen LogP contribution < -0.4 is 40.0 Å². The summed E-state index contributed by atoms with van der Waals surface area (Å²) < 4.78 is 128. The summed E-state index contributed by atoms with van der Waals surface area (Å²) in [7, 11) is -7.44. The second kappa shape index (κ2) is 26.1. The van der Waals surface area contributed by atoms with Crippen LogP contribution >= 0.6 is 0 Å². The molecule has 7 aromatic rings. The first kappa shape index (κ1) is 55.6. The molecule has 0 unspecified atom stereocenters. The standard InChI is InChI=1S/C11H8F3NO.C9H9F3O3S.C9H8N2.C9H7NO.2CH4.Na.O3S.H2.H/c12-11(13,14)7-16-10-5-1-4-9-8(10)3-2-6-15-9;1-7-2-4-8(5-3-7)16(13,14)15-6-9(10,11)12;10-8-4-1-5-9-7(8)3-2-6-11-9;11-9-5-1-4-8-7(9)3-2-6-10-8;;;;1-4(2)3;;/h1-6H,7H2;2-5H,6H2,1H3;1-6H,10H2;1-6,11H;2*1H4;;;1H;/q;;;;;;+1;;;-1. The van der Waals surface area contributed by atoms with Crippen molar-refractivity contribution in [2.45, 2.75) is 39.0 Å². The quantitative estimate of drug-likeness (QED) is 0.0795. The number of phenols is 1. The van der Waals surface area contributed by atoms with Gasteiger partial charge in [0.2, 0.25) is 0 Å². The van der Waals surface area contributed by atoms with E-state index in [0.717, 1.165) is 33.1 Å². The van der Waals surface area contributed by atoms with Crippen molar-refractivity contribution in [1.82, 2.24) is 15.0 Å². The zero-order valence-corrected chi connectivity index (χ0v) is 34.6. The fourth-order valence-corrected chi connectivity index (χ4v) is 5.39. The topological polar surface area (TPSA) is 189 Å². The van der Waals surface area contributed by atoms with Crippen LogP contribution in [0.25, 0.3) is 32.7 Å². The van der Waals surface area contributed by atoms with Gasteiger partial charge in [0.15, 0.2) is 13.2 Å². The zero-order chi connectivity index (χ0) is 42.9. The third-order valence-corrected chi connectivity index (χ3v) is 8.26. The first-order chi connectivity index (χ1) is 27.3. The molecule has 0 saturated carbocycles. The molecule has 0 amide bonds. The predicted molar refractivity (Wildman–Crippen MR) is 220 cm³/mol. The number of aromatic nitrogens is 3. The molecule has 3 heterocycles. The van der Waals surface area contributed by atoms with Crippen molar-refractivity contribution in [2.75, 3.05) is 18.9 Å². The average Bonchev–Trinajstić information content (AvgIpc) is 3.17. The molecular weight excluding hydrogens is 866 g/mol. The summed E-state index contributed by atoms with van der Waals surface area (Å²) in [6, 6.07) is 32.1. The maximum absolute atomic E-state index is 12.0. The minimum Gasteiger partial charge on any atom is -1.00 e. The largest absolute Gasteiger partial charge is 1.00 e. The molecule has 12 nitrogen and oxygen atoms in total. The molecule has 0 aliphatic rings. The van der Waals surface area contributed by atoms with Crippen molar-refractivity contribution in [2.24, 2.45) is 0 Å². The third-order valence-electron chi connectivity index (χ3n) is 6.99. The van der Waals surface area contributed by atoms with Crippen LogP contribution in [0.1, 0.15) is 23.3 Å². The Labute approximate surface area is 374 Å². The van der Waals surface area contributed by atoms with E-state index < -0.39 is 46.3 Å². The maximum atomic E-state index is 12.0. The summed E-state index contributed by atoms with van der Waals surface area (Å²) in [5, 5.41) is 11.7. The van der Waals surface area contributed by atoms with Crippen molar-refractivity contribution in [3.63, 3.8) is 0 Å². The second-order valence-electron chi connectivity index (χ2n) is 11.3. The van der Waals surface area contributed by atoms with Crippen LogP contribution in [-0.4, -0.2) is 66.7 Å². The Hall–Kier alpha value is -5.38. The number of phenolic OH excluding ortho intramolecular Hbond substituents is 1. The average molecular weight is 909 g/mol. The summed E-state index contributed by atoms with van der Waals surface area (Å²) in [5.41, 5.74) is 9.70. The van der Waals surface area contributed by atoms with Gasteiger partial charge in [-0.2, -0.15) is 34.8 Å². The molecule has 0 bridgehead atoms. The predicted octanol–water partition coefficient (Wildman–Crippen LogP) is 6.83. The Morgan fingerprint density at radius 2 is 1.08 bits per heavy atom. The Balaban J connectivity index is -0.000000729. The number of pyridine rings is 3. The van der Waals surface area contributed by atoms with Gasteiger partial charge in [-0.15, -0.1) is 12.6 Å². The van der Waals surface area contributed by atoms with Crippen molar-refractivity contribution in [3.8, 4) is 11.5 Å². The van der Waals surface area contributed by atoms with E-state index in [-0.39, 0.29) is 63.7 Å². The van der Waals surface area contributed by atoms with E-state index in [9.17, 15) is 39.9 Å². The fraction of sp³-hybridized carbons (Fsp3) is 0.175. The summed E-state index contributed by atoms with van der Waals surface area (Å²) >= 11 is 0. The maximum Gasteiger partial charge on any atom is 1.00 e. The smallest absolute Gasteiger partial charge is 1.00 e. The van der Waals surface area contributed by atoms with Crippen LogP contribution in [0.2, 0.25) is 0 Å². The van der Waals surface area contributed by atoms with E-state index in [0.29, 0.717) is 10.9 Å². The second-order valence-corrected chi connectivity index (χ2v) is 13.4. The number of hydrogen-bond acceptors (Lipinski definition) is 12. The molecule has 0 fully saturated rings. The number of ether oxygens (including phenoxy) is 1. The molecule has 61 heavy (non-hydrogen) atoms. The normalized spacial score (nSPS) is 10.5. The van der Waals surface area contributed by atoms with Crippen molar-refractivity contribution < 1.29 is 93.8 Å². The van der Waals surface area contributed by atoms with Gasteiger partial charge in [0, 0.05) is 41.9 Å². The fourth-order valence-electron chi connectivity index (χ4n) is 4.49. The summed E-state index contributed by atoms with van der Waals surface area (Å²) in [5.74, 6) is 0.485. The first-order valence-electron chi connectivity index (χ1n) is 16.2. The van der Waals surface area contributed by atoms with E-state index in [1.165, 1.54) is 30.3 Å². The zero-order valence-electron chi connectivity index (χ0n) is 31.9. The van der Waals surface area contributed by atoms with Crippen LogP contribution in [0.15, 0.2) is 139 Å². The van der Waals surface area contributed by atoms with E-state index in [1.807, 2.05) is 48.5 Å². The van der Waals surface area contributed by atoms with Crippen LogP contribution in [0.5, 0.6) is 11.5 Å². The number of nitrogens with two attached hydrogens (primary N) is 1. The number of hydrogen-bond donors (Lipinski definition) is 2. The number of benzene rings is 4. The first-order valence-corrected chi connectivity index (χ1v) is 18.6. The number of aromatic hydroxyl groups is 1.